The molecule has 8 nitrogen and oxygen atoms in total. The highest BCUT2D eigenvalue weighted by molar-refractivity contribution is 7.99. The van der Waals surface area contributed by atoms with Gasteiger partial charge in [-0.3, -0.25) is 14.5 Å². The Labute approximate surface area is 202 Å². The van der Waals surface area contributed by atoms with E-state index in [9.17, 15) is 9.59 Å². The second-order valence-electron chi connectivity index (χ2n) is 7.85. The van der Waals surface area contributed by atoms with Crippen LogP contribution < -0.4 is 5.32 Å². The Morgan fingerprint density at radius 3 is 2.61 bits per heavy atom. The number of anilines is 1. The van der Waals surface area contributed by atoms with Crippen LogP contribution in [0.15, 0.2) is 46.9 Å². The van der Waals surface area contributed by atoms with Gasteiger partial charge in [-0.15, -0.1) is 21.5 Å². The summed E-state index contributed by atoms with van der Waals surface area (Å²) in [5.41, 5.74) is 2.01. The van der Waals surface area contributed by atoms with E-state index >= 15 is 0 Å². The van der Waals surface area contributed by atoms with Crippen molar-refractivity contribution in [1.29, 1.82) is 0 Å². The largest absolute Gasteiger partial charge is 0.339 e. The van der Waals surface area contributed by atoms with Gasteiger partial charge in [-0.1, -0.05) is 43.0 Å². The summed E-state index contributed by atoms with van der Waals surface area (Å²) < 4.78 is 1.93. The number of thiophene rings is 1. The van der Waals surface area contributed by atoms with Crippen LogP contribution in [-0.4, -0.2) is 74.9 Å². The molecule has 0 bridgehead atoms. The fourth-order valence-electron chi connectivity index (χ4n) is 3.78. The number of piperazine rings is 1. The minimum Gasteiger partial charge on any atom is -0.339 e. The smallest absolute Gasteiger partial charge is 0.238 e. The van der Waals surface area contributed by atoms with Crippen molar-refractivity contribution in [3.05, 3.63) is 47.3 Å². The summed E-state index contributed by atoms with van der Waals surface area (Å²) in [6.07, 6.45) is 0.874. The Morgan fingerprint density at radius 1 is 1.09 bits per heavy atom. The standard InChI is InChI=1S/C23H28N6O2S2/c1-3-17-7-4-5-8-18(17)24-20(30)15-28-10-12-29(13-11-28)21(31)16-33-23-26-25-22(27(23)2)19-9-6-14-32-19/h4-9,14H,3,10-13,15-16H2,1-2H3,(H,24,30). The summed E-state index contributed by atoms with van der Waals surface area (Å²) in [6.45, 7) is 5.03. The zero-order valence-electron chi connectivity index (χ0n) is 18.9. The van der Waals surface area contributed by atoms with Crippen LogP contribution in [-0.2, 0) is 23.1 Å². The van der Waals surface area contributed by atoms with E-state index in [1.54, 1.807) is 11.3 Å². The SMILES string of the molecule is CCc1ccccc1NC(=O)CN1CCN(C(=O)CSc2nnc(-c3cccs3)n2C)CC1. The summed E-state index contributed by atoms with van der Waals surface area (Å²) in [6, 6.07) is 11.9. The van der Waals surface area contributed by atoms with Gasteiger partial charge in [0.1, 0.15) is 0 Å². The van der Waals surface area contributed by atoms with Gasteiger partial charge < -0.3 is 14.8 Å². The molecular weight excluding hydrogens is 456 g/mol. The van der Waals surface area contributed by atoms with Gasteiger partial charge >= 0.3 is 0 Å². The molecule has 10 heteroatoms. The Kier molecular flexibility index (Phi) is 7.79. The van der Waals surface area contributed by atoms with E-state index in [2.05, 4.69) is 27.3 Å². The third-order valence-corrected chi connectivity index (χ3v) is 7.54. The van der Waals surface area contributed by atoms with Crippen LogP contribution in [0.4, 0.5) is 5.69 Å². The number of aryl methyl sites for hydroxylation is 1. The third kappa shape index (κ3) is 5.82. The van der Waals surface area contributed by atoms with E-state index in [0.29, 0.717) is 38.5 Å². The molecule has 0 atom stereocenters. The van der Waals surface area contributed by atoms with Crippen LogP contribution >= 0.6 is 23.1 Å². The quantitative estimate of drug-likeness (QED) is 0.495. The number of rotatable bonds is 8. The van der Waals surface area contributed by atoms with Crippen molar-refractivity contribution in [2.24, 2.45) is 7.05 Å². The van der Waals surface area contributed by atoms with Crippen molar-refractivity contribution in [2.75, 3.05) is 43.8 Å². The summed E-state index contributed by atoms with van der Waals surface area (Å²) in [5, 5.41) is 14.3. The molecule has 0 spiro atoms. The van der Waals surface area contributed by atoms with E-state index in [1.807, 2.05) is 58.3 Å². The maximum Gasteiger partial charge on any atom is 0.238 e. The van der Waals surface area contributed by atoms with Gasteiger partial charge in [-0.2, -0.15) is 0 Å². The molecule has 3 heterocycles. The molecule has 1 N–H and O–H groups in total. The van der Waals surface area contributed by atoms with Gasteiger partial charge in [0.2, 0.25) is 11.8 Å². The number of thioether (sulfide) groups is 1. The van der Waals surface area contributed by atoms with E-state index < -0.39 is 0 Å². The molecule has 1 saturated heterocycles. The molecule has 4 rings (SSSR count). The highest BCUT2D eigenvalue weighted by atomic mass is 32.2. The fourth-order valence-corrected chi connectivity index (χ4v) is 5.34. The topological polar surface area (TPSA) is 83.4 Å². The number of nitrogens with one attached hydrogen (secondary N) is 1. The summed E-state index contributed by atoms with van der Waals surface area (Å²) >= 11 is 3.02. The van der Waals surface area contributed by atoms with Crippen LogP contribution in [0.3, 0.4) is 0 Å². The summed E-state index contributed by atoms with van der Waals surface area (Å²) in [4.78, 5) is 30.2. The van der Waals surface area contributed by atoms with Crippen molar-refractivity contribution in [3.8, 4) is 10.7 Å². The average Bonchev–Trinajstić information content (AvgIpc) is 3.48. The molecule has 1 aliphatic heterocycles. The average molecular weight is 485 g/mol. The van der Waals surface area contributed by atoms with Gasteiger partial charge in [-0.05, 0) is 29.5 Å². The lowest BCUT2D eigenvalue weighted by molar-refractivity contribution is -0.130. The molecule has 0 radical (unpaired) electrons. The van der Waals surface area contributed by atoms with Crippen molar-refractivity contribution < 1.29 is 9.59 Å². The number of carbonyl (C=O) groups excluding carboxylic acids is 2. The molecule has 0 aliphatic carbocycles. The molecule has 0 unspecified atom stereocenters. The minimum atomic E-state index is -0.0185. The predicted octanol–water partition coefficient (Wildman–Crippen LogP) is 2.98. The lowest BCUT2D eigenvalue weighted by Gasteiger charge is -2.34. The summed E-state index contributed by atoms with van der Waals surface area (Å²) in [7, 11) is 1.92. The molecule has 3 aromatic rings. The first-order chi connectivity index (χ1) is 16.0. The van der Waals surface area contributed by atoms with Crippen molar-refractivity contribution in [1.82, 2.24) is 24.6 Å². The molecule has 2 amide bonds. The Morgan fingerprint density at radius 2 is 1.88 bits per heavy atom. The lowest BCUT2D eigenvalue weighted by atomic mass is 10.1. The fraction of sp³-hybridized carbons (Fsp3) is 0.391. The highest BCUT2D eigenvalue weighted by Gasteiger charge is 2.23. The molecule has 1 aliphatic rings. The molecule has 33 heavy (non-hydrogen) atoms. The second-order valence-corrected chi connectivity index (χ2v) is 9.74. The normalized spacial score (nSPS) is 14.4. The van der Waals surface area contributed by atoms with Gasteiger partial charge in [0.15, 0.2) is 11.0 Å². The Balaban J connectivity index is 1.22. The Hall–Kier alpha value is -2.69. The number of benzene rings is 1. The molecule has 174 valence electrons. The Bertz CT molecular complexity index is 1090. The first-order valence-corrected chi connectivity index (χ1v) is 12.9. The maximum absolute atomic E-state index is 12.7. The first-order valence-electron chi connectivity index (χ1n) is 11.0. The van der Waals surface area contributed by atoms with Crippen molar-refractivity contribution >= 4 is 40.6 Å². The molecular formula is C23H28N6O2S2. The van der Waals surface area contributed by atoms with Crippen molar-refractivity contribution in [3.63, 3.8) is 0 Å². The van der Waals surface area contributed by atoms with Crippen LogP contribution in [0.2, 0.25) is 0 Å². The van der Waals surface area contributed by atoms with E-state index in [-0.39, 0.29) is 11.8 Å². The van der Waals surface area contributed by atoms with Crippen molar-refractivity contribution in [2.45, 2.75) is 18.5 Å². The molecule has 0 saturated carbocycles. The monoisotopic (exact) mass is 484 g/mol. The van der Waals surface area contributed by atoms with E-state index in [0.717, 1.165) is 33.5 Å². The third-order valence-electron chi connectivity index (χ3n) is 5.67. The van der Waals surface area contributed by atoms with Crippen LogP contribution in [0, 0.1) is 0 Å². The van der Waals surface area contributed by atoms with E-state index in [1.165, 1.54) is 11.8 Å². The van der Waals surface area contributed by atoms with Crippen LogP contribution in [0.1, 0.15) is 12.5 Å². The maximum atomic E-state index is 12.7. The number of carbonyl (C=O) groups is 2. The number of amides is 2. The minimum absolute atomic E-state index is 0.0185. The number of para-hydroxylation sites is 1. The van der Waals surface area contributed by atoms with Crippen LogP contribution in [0.25, 0.3) is 10.7 Å². The number of hydrogen-bond donors (Lipinski definition) is 1. The van der Waals surface area contributed by atoms with E-state index in [4.69, 9.17) is 0 Å². The lowest BCUT2D eigenvalue weighted by Crippen LogP contribution is -2.50. The first kappa shape index (κ1) is 23.5. The number of nitrogens with zero attached hydrogens (tertiary/aromatic N) is 5. The number of hydrogen-bond acceptors (Lipinski definition) is 7. The van der Waals surface area contributed by atoms with Gasteiger partial charge in [0.05, 0.1) is 17.2 Å². The second kappa shape index (κ2) is 11.0. The number of aromatic nitrogens is 3. The van der Waals surface area contributed by atoms with Gasteiger partial charge in [-0.25, -0.2) is 0 Å². The molecule has 1 fully saturated rings. The molecule has 1 aromatic carbocycles. The summed E-state index contributed by atoms with van der Waals surface area (Å²) in [5.74, 6) is 1.20. The zero-order valence-corrected chi connectivity index (χ0v) is 20.5. The zero-order chi connectivity index (χ0) is 23.2. The van der Waals surface area contributed by atoms with Gasteiger partial charge in [0, 0.05) is 38.9 Å². The van der Waals surface area contributed by atoms with Crippen LogP contribution in [0.5, 0.6) is 0 Å². The predicted molar refractivity (Wildman–Crippen MR) is 133 cm³/mol. The highest BCUT2D eigenvalue weighted by Crippen LogP contribution is 2.26. The molecule has 2 aromatic heterocycles. The van der Waals surface area contributed by atoms with Gasteiger partial charge in [0.25, 0.3) is 0 Å².